The lowest BCUT2D eigenvalue weighted by molar-refractivity contribution is 0.174. The summed E-state index contributed by atoms with van der Waals surface area (Å²) in [7, 11) is 0. The lowest BCUT2D eigenvalue weighted by Crippen LogP contribution is -2.21. The molecule has 1 unspecified atom stereocenters. The number of pyridine rings is 1. The molecule has 0 saturated heterocycles. The van der Waals surface area contributed by atoms with Crippen LogP contribution in [0.5, 0.6) is 0 Å². The van der Waals surface area contributed by atoms with Gasteiger partial charge in [0.25, 0.3) is 0 Å². The van der Waals surface area contributed by atoms with E-state index in [9.17, 15) is 5.11 Å². The van der Waals surface area contributed by atoms with E-state index in [0.717, 1.165) is 5.56 Å². The summed E-state index contributed by atoms with van der Waals surface area (Å²) >= 11 is 11.9. The van der Waals surface area contributed by atoms with Crippen LogP contribution >= 0.6 is 23.2 Å². The van der Waals surface area contributed by atoms with Gasteiger partial charge in [-0.25, -0.2) is 0 Å². The first kappa shape index (κ1) is 14.3. The van der Waals surface area contributed by atoms with Crippen LogP contribution in [0.25, 0.3) is 0 Å². The number of benzene rings is 1. The molecule has 1 aromatic heterocycles. The topological polar surface area (TPSA) is 45.1 Å². The van der Waals surface area contributed by atoms with Gasteiger partial charge in [-0.05, 0) is 29.8 Å². The highest BCUT2D eigenvalue weighted by molar-refractivity contribution is 6.33. The molecule has 0 spiro atoms. The van der Waals surface area contributed by atoms with Crippen molar-refractivity contribution in [3.8, 4) is 0 Å². The van der Waals surface area contributed by atoms with Crippen LogP contribution in [-0.4, -0.2) is 16.6 Å². The van der Waals surface area contributed by atoms with E-state index in [0.29, 0.717) is 28.7 Å². The SMILES string of the molecule is OC(CNCc1cccnc1)c1cc(Cl)ccc1Cl. The number of aromatic nitrogens is 1. The number of hydrogen-bond acceptors (Lipinski definition) is 3. The molecule has 0 amide bonds. The molecular weight excluding hydrogens is 283 g/mol. The Morgan fingerprint density at radius 3 is 2.84 bits per heavy atom. The maximum atomic E-state index is 10.1. The van der Waals surface area contributed by atoms with E-state index < -0.39 is 6.10 Å². The molecule has 0 aliphatic rings. The van der Waals surface area contributed by atoms with Gasteiger partial charge in [0.15, 0.2) is 0 Å². The quantitative estimate of drug-likeness (QED) is 0.890. The minimum atomic E-state index is -0.692. The molecule has 0 fully saturated rings. The van der Waals surface area contributed by atoms with Crippen LogP contribution in [-0.2, 0) is 6.54 Å². The molecular formula is C14H14Cl2N2O. The van der Waals surface area contributed by atoms with Crippen molar-refractivity contribution in [2.24, 2.45) is 0 Å². The Morgan fingerprint density at radius 1 is 1.26 bits per heavy atom. The molecule has 1 heterocycles. The van der Waals surface area contributed by atoms with Crippen molar-refractivity contribution in [3.05, 3.63) is 63.9 Å². The molecule has 100 valence electrons. The van der Waals surface area contributed by atoms with Crippen LogP contribution in [0.15, 0.2) is 42.7 Å². The monoisotopic (exact) mass is 296 g/mol. The van der Waals surface area contributed by atoms with Gasteiger partial charge in [-0.15, -0.1) is 0 Å². The summed E-state index contributed by atoms with van der Waals surface area (Å²) < 4.78 is 0. The summed E-state index contributed by atoms with van der Waals surface area (Å²) in [5, 5.41) is 14.3. The molecule has 2 aromatic rings. The van der Waals surface area contributed by atoms with Crippen LogP contribution in [0.2, 0.25) is 10.0 Å². The number of nitrogens with zero attached hydrogens (tertiary/aromatic N) is 1. The maximum Gasteiger partial charge on any atom is 0.0929 e. The molecule has 2 rings (SSSR count). The van der Waals surface area contributed by atoms with E-state index in [4.69, 9.17) is 23.2 Å². The first-order valence-corrected chi connectivity index (χ1v) is 6.65. The molecule has 0 bridgehead atoms. The first-order chi connectivity index (χ1) is 9.16. The van der Waals surface area contributed by atoms with Gasteiger partial charge in [-0.2, -0.15) is 0 Å². The first-order valence-electron chi connectivity index (χ1n) is 5.89. The Labute approximate surface area is 122 Å². The summed E-state index contributed by atoms with van der Waals surface area (Å²) in [5.74, 6) is 0. The van der Waals surface area contributed by atoms with Crippen molar-refractivity contribution >= 4 is 23.2 Å². The number of nitrogens with one attached hydrogen (secondary N) is 1. The number of aliphatic hydroxyl groups excluding tert-OH is 1. The van der Waals surface area contributed by atoms with Crippen molar-refractivity contribution in [2.45, 2.75) is 12.6 Å². The van der Waals surface area contributed by atoms with Gasteiger partial charge in [0, 0.05) is 41.1 Å². The van der Waals surface area contributed by atoms with Crippen molar-refractivity contribution < 1.29 is 5.11 Å². The minimum absolute atomic E-state index is 0.398. The molecule has 2 N–H and O–H groups in total. The highest BCUT2D eigenvalue weighted by Gasteiger charge is 2.11. The predicted octanol–water partition coefficient (Wildman–Crippen LogP) is 3.21. The predicted molar refractivity (Wildman–Crippen MR) is 77.4 cm³/mol. The second kappa shape index (κ2) is 6.87. The molecule has 1 aromatic carbocycles. The van der Waals surface area contributed by atoms with Crippen LogP contribution < -0.4 is 5.32 Å². The van der Waals surface area contributed by atoms with Crippen LogP contribution in [0.1, 0.15) is 17.2 Å². The number of aliphatic hydroxyl groups is 1. The Hall–Kier alpha value is -1.13. The third kappa shape index (κ3) is 4.18. The Balaban J connectivity index is 1.91. The second-order valence-corrected chi connectivity index (χ2v) is 5.02. The van der Waals surface area contributed by atoms with Crippen molar-refractivity contribution in [1.82, 2.24) is 10.3 Å². The number of halogens is 2. The zero-order valence-electron chi connectivity index (χ0n) is 10.2. The molecule has 5 heteroatoms. The average Bonchev–Trinajstić information content (AvgIpc) is 2.42. The fraction of sp³-hybridized carbons (Fsp3) is 0.214. The van der Waals surface area contributed by atoms with E-state index >= 15 is 0 Å². The summed E-state index contributed by atoms with van der Waals surface area (Å²) in [6.07, 6.45) is 2.82. The van der Waals surface area contributed by atoms with Crippen LogP contribution in [0.3, 0.4) is 0 Å². The van der Waals surface area contributed by atoms with E-state index in [2.05, 4.69) is 10.3 Å². The molecule has 0 aliphatic heterocycles. The van der Waals surface area contributed by atoms with E-state index in [-0.39, 0.29) is 0 Å². The average molecular weight is 297 g/mol. The lowest BCUT2D eigenvalue weighted by Gasteiger charge is -2.14. The van der Waals surface area contributed by atoms with E-state index in [1.165, 1.54) is 0 Å². The van der Waals surface area contributed by atoms with Gasteiger partial charge in [0.2, 0.25) is 0 Å². The highest BCUT2D eigenvalue weighted by atomic mass is 35.5. The smallest absolute Gasteiger partial charge is 0.0929 e. The molecule has 3 nitrogen and oxygen atoms in total. The van der Waals surface area contributed by atoms with Gasteiger partial charge in [-0.1, -0.05) is 29.3 Å². The third-order valence-corrected chi connectivity index (χ3v) is 3.29. The Morgan fingerprint density at radius 2 is 2.11 bits per heavy atom. The highest BCUT2D eigenvalue weighted by Crippen LogP contribution is 2.25. The van der Waals surface area contributed by atoms with E-state index in [1.807, 2.05) is 12.1 Å². The van der Waals surface area contributed by atoms with E-state index in [1.54, 1.807) is 30.6 Å². The summed E-state index contributed by atoms with van der Waals surface area (Å²) in [6, 6.07) is 8.91. The van der Waals surface area contributed by atoms with Crippen molar-refractivity contribution in [3.63, 3.8) is 0 Å². The van der Waals surface area contributed by atoms with Crippen LogP contribution in [0.4, 0.5) is 0 Å². The molecule has 1 atom stereocenters. The Bertz CT molecular complexity index is 534. The fourth-order valence-electron chi connectivity index (χ4n) is 1.74. The van der Waals surface area contributed by atoms with Gasteiger partial charge in [-0.3, -0.25) is 4.98 Å². The lowest BCUT2D eigenvalue weighted by atomic mass is 10.1. The fourth-order valence-corrected chi connectivity index (χ4v) is 2.16. The van der Waals surface area contributed by atoms with Gasteiger partial charge in [0.1, 0.15) is 0 Å². The van der Waals surface area contributed by atoms with Gasteiger partial charge >= 0.3 is 0 Å². The van der Waals surface area contributed by atoms with Crippen molar-refractivity contribution in [1.29, 1.82) is 0 Å². The molecule has 0 saturated carbocycles. The number of hydrogen-bond donors (Lipinski definition) is 2. The standard InChI is InChI=1S/C14H14Cl2N2O/c15-11-3-4-13(16)12(6-11)14(19)9-18-8-10-2-1-5-17-7-10/h1-7,14,18-19H,8-9H2. The summed E-state index contributed by atoms with van der Waals surface area (Å²) in [4.78, 5) is 4.03. The Kier molecular flexibility index (Phi) is 5.16. The summed E-state index contributed by atoms with van der Waals surface area (Å²) in [6.45, 7) is 1.04. The maximum absolute atomic E-state index is 10.1. The van der Waals surface area contributed by atoms with Gasteiger partial charge < -0.3 is 10.4 Å². The zero-order valence-corrected chi connectivity index (χ0v) is 11.7. The number of rotatable bonds is 5. The molecule has 19 heavy (non-hydrogen) atoms. The minimum Gasteiger partial charge on any atom is -0.387 e. The summed E-state index contributed by atoms with van der Waals surface area (Å²) in [5.41, 5.74) is 1.69. The molecule has 0 aliphatic carbocycles. The third-order valence-electron chi connectivity index (χ3n) is 2.71. The zero-order chi connectivity index (χ0) is 13.7. The second-order valence-electron chi connectivity index (χ2n) is 4.17. The van der Waals surface area contributed by atoms with Crippen molar-refractivity contribution in [2.75, 3.05) is 6.54 Å². The normalized spacial score (nSPS) is 12.4. The largest absolute Gasteiger partial charge is 0.387 e. The molecule has 0 radical (unpaired) electrons. The van der Waals surface area contributed by atoms with Crippen LogP contribution in [0, 0.1) is 0 Å². The van der Waals surface area contributed by atoms with Gasteiger partial charge in [0.05, 0.1) is 6.10 Å².